The van der Waals surface area contributed by atoms with E-state index in [0.717, 1.165) is 4.90 Å². The number of amides is 3. The predicted molar refractivity (Wildman–Crippen MR) is 112 cm³/mol. The number of ether oxygens (including phenoxy) is 2. The van der Waals surface area contributed by atoms with Gasteiger partial charge in [0.1, 0.15) is 0 Å². The third-order valence-corrected chi connectivity index (χ3v) is 5.38. The van der Waals surface area contributed by atoms with Crippen LogP contribution in [0.15, 0.2) is 41.3 Å². The largest absolute Gasteiger partial charge is 0.465 e. The molecule has 0 atom stereocenters. The molecule has 3 rings (SSSR count). The van der Waals surface area contributed by atoms with E-state index in [2.05, 4.69) is 20.1 Å². The molecule has 0 aromatic heterocycles. The van der Waals surface area contributed by atoms with Crippen LogP contribution in [-0.4, -0.2) is 50.9 Å². The van der Waals surface area contributed by atoms with Gasteiger partial charge in [0.2, 0.25) is 5.91 Å². The molecule has 0 aliphatic carbocycles. The first-order valence-corrected chi connectivity index (χ1v) is 9.74. The van der Waals surface area contributed by atoms with Crippen LogP contribution in [0.1, 0.15) is 20.7 Å². The van der Waals surface area contributed by atoms with E-state index >= 15 is 0 Å². The summed E-state index contributed by atoms with van der Waals surface area (Å²) in [5, 5.41) is 5.25. The third kappa shape index (κ3) is 4.54. The van der Waals surface area contributed by atoms with Gasteiger partial charge in [0.15, 0.2) is 0 Å². The summed E-state index contributed by atoms with van der Waals surface area (Å²) in [6.07, 6.45) is 0. The van der Waals surface area contributed by atoms with Crippen LogP contribution in [0.2, 0.25) is 0 Å². The number of methoxy groups -OCH3 is 2. The van der Waals surface area contributed by atoms with E-state index in [1.807, 2.05) is 6.07 Å². The Morgan fingerprint density at radius 1 is 0.933 bits per heavy atom. The van der Waals surface area contributed by atoms with E-state index in [4.69, 9.17) is 0 Å². The molecule has 3 amide bonds. The van der Waals surface area contributed by atoms with Crippen molar-refractivity contribution in [3.63, 3.8) is 0 Å². The van der Waals surface area contributed by atoms with E-state index in [0.29, 0.717) is 17.1 Å². The van der Waals surface area contributed by atoms with E-state index in [9.17, 15) is 19.2 Å². The first kappa shape index (κ1) is 21.2. The number of nitrogens with one attached hydrogen (secondary N) is 2. The van der Waals surface area contributed by atoms with Gasteiger partial charge in [0, 0.05) is 23.3 Å². The van der Waals surface area contributed by atoms with Gasteiger partial charge in [0.25, 0.3) is 0 Å². The van der Waals surface area contributed by atoms with E-state index in [1.54, 1.807) is 19.2 Å². The smallest absolute Gasteiger partial charge is 0.337 e. The highest BCUT2D eigenvalue weighted by atomic mass is 32.2. The molecule has 156 valence electrons. The number of rotatable bonds is 4. The van der Waals surface area contributed by atoms with Crippen molar-refractivity contribution in [3.05, 3.63) is 47.5 Å². The SMILES string of the molecule is COC(=O)c1cc(NC(=O)Nc2ccc3c(c2)N(C)C(=O)CS3)cc(C(=O)OC)c1. The average Bonchev–Trinajstić information content (AvgIpc) is 2.75. The number of nitrogens with zero attached hydrogens (tertiary/aromatic N) is 1. The second kappa shape index (κ2) is 8.87. The number of urea groups is 1. The van der Waals surface area contributed by atoms with Gasteiger partial charge >= 0.3 is 18.0 Å². The van der Waals surface area contributed by atoms with Gasteiger partial charge in [-0.1, -0.05) is 0 Å². The van der Waals surface area contributed by atoms with Crippen molar-refractivity contribution in [2.24, 2.45) is 0 Å². The minimum absolute atomic E-state index is 0.0240. The second-order valence-corrected chi connectivity index (χ2v) is 7.30. The lowest BCUT2D eigenvalue weighted by Gasteiger charge is -2.25. The van der Waals surface area contributed by atoms with Gasteiger partial charge in [-0.2, -0.15) is 0 Å². The number of benzene rings is 2. The number of hydrogen-bond donors (Lipinski definition) is 2. The molecule has 2 aromatic rings. The number of carbonyl (C=O) groups is 4. The standard InChI is InChI=1S/C20H19N3O6S/c1-23-15-9-13(4-5-16(15)30-10-17(23)24)21-20(27)22-14-7-11(18(25)28-2)6-12(8-14)19(26)29-3/h4-9H,10H2,1-3H3,(H2,21,22,27). The topological polar surface area (TPSA) is 114 Å². The normalized spacial score (nSPS) is 12.6. The number of fused-ring (bicyclic) bond motifs is 1. The highest BCUT2D eigenvalue weighted by molar-refractivity contribution is 8.00. The molecule has 0 fully saturated rings. The molecule has 0 saturated heterocycles. The minimum Gasteiger partial charge on any atom is -0.465 e. The van der Waals surface area contributed by atoms with Gasteiger partial charge < -0.3 is 25.0 Å². The quantitative estimate of drug-likeness (QED) is 0.718. The Morgan fingerprint density at radius 2 is 1.53 bits per heavy atom. The van der Waals surface area contributed by atoms with Crippen molar-refractivity contribution in [3.8, 4) is 0 Å². The van der Waals surface area contributed by atoms with Crippen LogP contribution < -0.4 is 15.5 Å². The molecular weight excluding hydrogens is 410 g/mol. The number of hydrogen-bond acceptors (Lipinski definition) is 7. The average molecular weight is 429 g/mol. The van der Waals surface area contributed by atoms with Crippen molar-refractivity contribution in [2.75, 3.05) is 42.6 Å². The molecule has 2 aromatic carbocycles. The lowest BCUT2D eigenvalue weighted by Crippen LogP contribution is -2.31. The fraction of sp³-hybridized carbons (Fsp3) is 0.200. The molecule has 10 heteroatoms. The van der Waals surface area contributed by atoms with E-state index < -0.39 is 18.0 Å². The maximum Gasteiger partial charge on any atom is 0.337 e. The van der Waals surface area contributed by atoms with Crippen molar-refractivity contribution in [2.45, 2.75) is 4.90 Å². The molecule has 0 spiro atoms. The highest BCUT2D eigenvalue weighted by Crippen LogP contribution is 2.36. The number of carbonyl (C=O) groups excluding carboxylic acids is 4. The molecule has 1 heterocycles. The summed E-state index contributed by atoms with van der Waals surface area (Å²) in [6.45, 7) is 0. The van der Waals surface area contributed by atoms with Crippen LogP contribution >= 0.6 is 11.8 Å². The summed E-state index contributed by atoms with van der Waals surface area (Å²) in [4.78, 5) is 50.5. The van der Waals surface area contributed by atoms with Crippen molar-refractivity contribution in [1.29, 1.82) is 0 Å². The van der Waals surface area contributed by atoms with Crippen molar-refractivity contribution in [1.82, 2.24) is 0 Å². The van der Waals surface area contributed by atoms with Crippen molar-refractivity contribution < 1.29 is 28.7 Å². The first-order valence-electron chi connectivity index (χ1n) is 8.75. The molecule has 0 saturated carbocycles. The summed E-state index contributed by atoms with van der Waals surface area (Å²) in [6, 6.07) is 8.73. The Balaban J connectivity index is 1.80. The third-order valence-electron chi connectivity index (χ3n) is 4.34. The summed E-state index contributed by atoms with van der Waals surface area (Å²) in [5.74, 6) is -0.979. The van der Waals surface area contributed by atoms with Crippen LogP contribution in [0, 0.1) is 0 Å². The molecule has 1 aliphatic rings. The van der Waals surface area contributed by atoms with Crippen LogP contribution in [0.3, 0.4) is 0 Å². The zero-order chi connectivity index (χ0) is 21.8. The zero-order valence-corrected chi connectivity index (χ0v) is 17.3. The fourth-order valence-electron chi connectivity index (χ4n) is 2.81. The summed E-state index contributed by atoms with van der Waals surface area (Å²) < 4.78 is 9.36. The summed E-state index contributed by atoms with van der Waals surface area (Å²) in [5.41, 5.74) is 1.56. The van der Waals surface area contributed by atoms with Gasteiger partial charge in [0.05, 0.1) is 36.8 Å². The van der Waals surface area contributed by atoms with Crippen LogP contribution in [0.25, 0.3) is 0 Å². The molecule has 0 unspecified atom stereocenters. The number of esters is 2. The van der Waals surface area contributed by atoms with Gasteiger partial charge in [-0.15, -0.1) is 11.8 Å². The first-order chi connectivity index (χ1) is 14.3. The monoisotopic (exact) mass is 429 g/mol. The molecule has 0 bridgehead atoms. The molecule has 2 N–H and O–H groups in total. The Labute approximate surface area is 176 Å². The Morgan fingerprint density at radius 3 is 2.13 bits per heavy atom. The maximum atomic E-state index is 12.5. The van der Waals surface area contributed by atoms with Crippen molar-refractivity contribution >= 4 is 52.7 Å². The Kier molecular flexibility index (Phi) is 6.26. The predicted octanol–water partition coefficient (Wildman–Crippen LogP) is 2.97. The molecular formula is C20H19N3O6S. The number of anilines is 3. The van der Waals surface area contributed by atoms with Gasteiger partial charge in [-0.3, -0.25) is 4.79 Å². The number of thioether (sulfide) groups is 1. The molecule has 9 nitrogen and oxygen atoms in total. The van der Waals surface area contributed by atoms with E-state index in [-0.39, 0.29) is 22.7 Å². The van der Waals surface area contributed by atoms with Crippen LogP contribution in [-0.2, 0) is 14.3 Å². The molecule has 1 aliphatic heterocycles. The Bertz CT molecular complexity index is 1000. The van der Waals surface area contributed by atoms with Crippen LogP contribution in [0.5, 0.6) is 0 Å². The zero-order valence-electron chi connectivity index (χ0n) is 16.5. The van der Waals surface area contributed by atoms with Gasteiger partial charge in [-0.05, 0) is 36.4 Å². The maximum absolute atomic E-state index is 12.5. The lowest BCUT2D eigenvalue weighted by atomic mass is 10.1. The van der Waals surface area contributed by atoms with Gasteiger partial charge in [-0.25, -0.2) is 14.4 Å². The minimum atomic E-state index is -0.663. The second-order valence-electron chi connectivity index (χ2n) is 6.29. The molecule has 0 radical (unpaired) electrons. The lowest BCUT2D eigenvalue weighted by molar-refractivity contribution is -0.116. The summed E-state index contributed by atoms with van der Waals surface area (Å²) in [7, 11) is 4.10. The van der Waals surface area contributed by atoms with Crippen LogP contribution in [0.4, 0.5) is 21.9 Å². The summed E-state index contributed by atoms with van der Waals surface area (Å²) >= 11 is 1.44. The highest BCUT2D eigenvalue weighted by Gasteiger charge is 2.22. The molecule has 30 heavy (non-hydrogen) atoms. The Hall–Kier alpha value is -3.53. The fourth-order valence-corrected chi connectivity index (χ4v) is 3.80. The van der Waals surface area contributed by atoms with E-state index in [1.165, 1.54) is 49.1 Å².